The molecule has 0 saturated carbocycles. The maximum Gasteiger partial charge on any atom is 0.0943 e. The Bertz CT molecular complexity index is 191. The molecule has 1 unspecified atom stereocenters. The van der Waals surface area contributed by atoms with E-state index in [9.17, 15) is 4.21 Å². The summed E-state index contributed by atoms with van der Waals surface area (Å²) in [6.45, 7) is 0. The maximum absolute atomic E-state index is 10.6. The van der Waals surface area contributed by atoms with E-state index in [1.807, 2.05) is 6.07 Å². The molecule has 1 aromatic heterocycles. The van der Waals surface area contributed by atoms with Gasteiger partial charge in [-0.15, -0.1) is 0 Å². The number of rotatable bonds is 2. The van der Waals surface area contributed by atoms with E-state index in [1.165, 1.54) is 0 Å². The predicted molar refractivity (Wildman–Crippen MR) is 36.5 cm³/mol. The van der Waals surface area contributed by atoms with E-state index in [0.29, 0.717) is 5.75 Å². The van der Waals surface area contributed by atoms with E-state index in [-0.39, 0.29) is 0 Å². The van der Waals surface area contributed by atoms with E-state index in [2.05, 4.69) is 0 Å². The van der Waals surface area contributed by atoms with Gasteiger partial charge in [0.05, 0.1) is 18.3 Å². The lowest BCUT2D eigenvalue weighted by Crippen LogP contribution is -1.88. The molecule has 2 nitrogen and oxygen atoms in total. The molecule has 0 bridgehead atoms. The van der Waals surface area contributed by atoms with E-state index in [0.717, 1.165) is 5.56 Å². The fraction of sp³-hybridized carbons (Fsp3) is 0.333. The van der Waals surface area contributed by atoms with Gasteiger partial charge in [-0.3, -0.25) is 4.21 Å². The van der Waals surface area contributed by atoms with Crippen molar-refractivity contribution < 1.29 is 8.63 Å². The summed E-state index contributed by atoms with van der Waals surface area (Å²) >= 11 is 0. The molecular formula is C6H8O2S. The lowest BCUT2D eigenvalue weighted by atomic mass is 10.4. The molecule has 0 radical (unpaired) electrons. The SMILES string of the molecule is CS(=O)Cc1ccoc1. The van der Waals surface area contributed by atoms with Crippen LogP contribution in [0, 0.1) is 0 Å². The molecule has 3 heteroatoms. The van der Waals surface area contributed by atoms with Crippen LogP contribution >= 0.6 is 0 Å². The van der Waals surface area contributed by atoms with Crippen LogP contribution in [0.5, 0.6) is 0 Å². The van der Waals surface area contributed by atoms with Crippen LogP contribution in [0.25, 0.3) is 0 Å². The number of furan rings is 1. The Labute approximate surface area is 56.3 Å². The summed E-state index contributed by atoms with van der Waals surface area (Å²) in [6.07, 6.45) is 4.87. The minimum Gasteiger partial charge on any atom is -0.472 e. The minimum atomic E-state index is -0.755. The molecule has 1 rings (SSSR count). The van der Waals surface area contributed by atoms with Gasteiger partial charge in [0, 0.05) is 22.6 Å². The van der Waals surface area contributed by atoms with Crippen LogP contribution < -0.4 is 0 Å². The van der Waals surface area contributed by atoms with Crippen LogP contribution in [0.2, 0.25) is 0 Å². The van der Waals surface area contributed by atoms with Crippen LogP contribution in [0.3, 0.4) is 0 Å². The van der Waals surface area contributed by atoms with Gasteiger partial charge in [-0.1, -0.05) is 0 Å². The van der Waals surface area contributed by atoms with Crippen molar-refractivity contribution >= 4 is 10.8 Å². The molecule has 0 amide bonds. The first-order valence-electron chi connectivity index (χ1n) is 2.60. The van der Waals surface area contributed by atoms with Gasteiger partial charge in [-0.25, -0.2) is 0 Å². The van der Waals surface area contributed by atoms with Crippen molar-refractivity contribution in [3.63, 3.8) is 0 Å². The second-order valence-electron chi connectivity index (χ2n) is 1.85. The second kappa shape index (κ2) is 2.82. The number of hydrogen-bond donors (Lipinski definition) is 0. The van der Waals surface area contributed by atoms with Gasteiger partial charge in [-0.05, 0) is 6.07 Å². The fourth-order valence-electron chi connectivity index (χ4n) is 0.609. The van der Waals surface area contributed by atoms with E-state index < -0.39 is 10.8 Å². The molecule has 0 aliphatic heterocycles. The summed E-state index contributed by atoms with van der Waals surface area (Å²) in [7, 11) is -0.755. The molecule has 0 saturated heterocycles. The molecule has 0 aromatic carbocycles. The lowest BCUT2D eigenvalue weighted by Gasteiger charge is -1.86. The summed E-state index contributed by atoms with van der Waals surface area (Å²) in [6, 6.07) is 1.82. The quantitative estimate of drug-likeness (QED) is 0.623. The zero-order valence-electron chi connectivity index (χ0n) is 5.16. The first-order valence-corrected chi connectivity index (χ1v) is 4.33. The lowest BCUT2D eigenvalue weighted by molar-refractivity contribution is 0.565. The Morgan fingerprint density at radius 3 is 3.00 bits per heavy atom. The average Bonchev–Trinajstić information content (AvgIpc) is 2.15. The highest BCUT2D eigenvalue weighted by Gasteiger charge is 1.94. The first kappa shape index (κ1) is 6.55. The monoisotopic (exact) mass is 144 g/mol. The Morgan fingerprint density at radius 2 is 2.56 bits per heavy atom. The molecule has 1 aromatic rings. The Hall–Kier alpha value is -0.570. The Kier molecular flexibility index (Phi) is 2.05. The highest BCUT2D eigenvalue weighted by atomic mass is 32.2. The van der Waals surface area contributed by atoms with Crippen molar-refractivity contribution in [1.29, 1.82) is 0 Å². The van der Waals surface area contributed by atoms with Gasteiger partial charge < -0.3 is 4.42 Å². The van der Waals surface area contributed by atoms with Crippen LogP contribution in [0.1, 0.15) is 5.56 Å². The standard InChI is InChI=1S/C6H8O2S/c1-9(7)5-6-2-3-8-4-6/h2-4H,5H2,1H3. The third-order valence-electron chi connectivity index (χ3n) is 0.950. The zero-order chi connectivity index (χ0) is 6.69. The molecule has 9 heavy (non-hydrogen) atoms. The highest BCUT2D eigenvalue weighted by Crippen LogP contribution is 2.01. The van der Waals surface area contributed by atoms with Gasteiger partial charge in [0.2, 0.25) is 0 Å². The van der Waals surface area contributed by atoms with Gasteiger partial charge in [-0.2, -0.15) is 0 Å². The maximum atomic E-state index is 10.6. The molecule has 50 valence electrons. The van der Waals surface area contributed by atoms with Crippen molar-refractivity contribution in [3.8, 4) is 0 Å². The molecule has 1 atom stereocenters. The summed E-state index contributed by atoms with van der Waals surface area (Å²) in [5.74, 6) is 0.594. The summed E-state index contributed by atoms with van der Waals surface area (Å²) in [5.41, 5.74) is 0.996. The van der Waals surface area contributed by atoms with Gasteiger partial charge in [0.1, 0.15) is 0 Å². The number of hydrogen-bond acceptors (Lipinski definition) is 2. The van der Waals surface area contributed by atoms with Crippen molar-refractivity contribution in [2.75, 3.05) is 6.26 Å². The van der Waals surface area contributed by atoms with Crippen LogP contribution in [-0.4, -0.2) is 10.5 Å². The summed E-state index contributed by atoms with van der Waals surface area (Å²) in [4.78, 5) is 0. The normalized spacial score (nSPS) is 13.4. The van der Waals surface area contributed by atoms with Crippen molar-refractivity contribution in [1.82, 2.24) is 0 Å². The average molecular weight is 144 g/mol. The summed E-state index contributed by atoms with van der Waals surface area (Å²) in [5, 5.41) is 0. The van der Waals surface area contributed by atoms with Crippen LogP contribution in [0.4, 0.5) is 0 Å². The van der Waals surface area contributed by atoms with Crippen molar-refractivity contribution in [2.24, 2.45) is 0 Å². The van der Waals surface area contributed by atoms with Crippen molar-refractivity contribution in [3.05, 3.63) is 24.2 Å². The molecule has 1 heterocycles. The molecule has 0 fully saturated rings. The van der Waals surface area contributed by atoms with Gasteiger partial charge in [0.15, 0.2) is 0 Å². The molecule has 0 spiro atoms. The van der Waals surface area contributed by atoms with Crippen LogP contribution in [-0.2, 0) is 16.6 Å². The molecule has 0 aliphatic carbocycles. The minimum absolute atomic E-state index is 0.594. The van der Waals surface area contributed by atoms with E-state index in [1.54, 1.807) is 18.8 Å². The first-order chi connectivity index (χ1) is 4.29. The Morgan fingerprint density at radius 1 is 1.78 bits per heavy atom. The molecular weight excluding hydrogens is 136 g/mol. The predicted octanol–water partition coefficient (Wildman–Crippen LogP) is 1.16. The third kappa shape index (κ3) is 2.01. The summed E-state index contributed by atoms with van der Waals surface area (Å²) < 4.78 is 15.4. The second-order valence-corrected chi connectivity index (χ2v) is 3.28. The topological polar surface area (TPSA) is 30.2 Å². The van der Waals surface area contributed by atoms with E-state index in [4.69, 9.17) is 4.42 Å². The van der Waals surface area contributed by atoms with Gasteiger partial charge in [0.25, 0.3) is 0 Å². The Balaban J connectivity index is 2.58. The van der Waals surface area contributed by atoms with Crippen molar-refractivity contribution in [2.45, 2.75) is 5.75 Å². The third-order valence-corrected chi connectivity index (χ3v) is 1.69. The largest absolute Gasteiger partial charge is 0.472 e. The highest BCUT2D eigenvalue weighted by molar-refractivity contribution is 7.83. The smallest absolute Gasteiger partial charge is 0.0943 e. The molecule has 0 N–H and O–H groups in total. The van der Waals surface area contributed by atoms with Crippen LogP contribution in [0.15, 0.2) is 23.0 Å². The zero-order valence-corrected chi connectivity index (χ0v) is 5.98. The van der Waals surface area contributed by atoms with Gasteiger partial charge >= 0.3 is 0 Å². The van der Waals surface area contributed by atoms with E-state index >= 15 is 0 Å². The molecule has 0 aliphatic rings. The fourth-order valence-corrected chi connectivity index (χ4v) is 1.24.